The summed E-state index contributed by atoms with van der Waals surface area (Å²) < 4.78 is 6.76. The van der Waals surface area contributed by atoms with E-state index in [0.29, 0.717) is 24.4 Å². The molecule has 0 aliphatic carbocycles. The van der Waals surface area contributed by atoms with Gasteiger partial charge in [0.1, 0.15) is 6.04 Å². The average Bonchev–Trinajstić information content (AvgIpc) is 3.17. The number of nitrogens with one attached hydrogen (secondary N) is 2. The maximum absolute atomic E-state index is 12.3. The Labute approximate surface area is 187 Å². The molecule has 1 aromatic carbocycles. The van der Waals surface area contributed by atoms with E-state index in [1.54, 1.807) is 6.33 Å². The number of carbonyl (C=O) groups excluding carboxylic acids is 3. The lowest BCUT2D eigenvalue weighted by atomic mass is 10.1. The summed E-state index contributed by atoms with van der Waals surface area (Å²) in [4.78, 5) is 40.4. The van der Waals surface area contributed by atoms with Crippen molar-refractivity contribution in [2.75, 3.05) is 18.6 Å². The lowest BCUT2D eigenvalue weighted by Crippen LogP contribution is -2.44. The fraction of sp³-hybridized carbons (Fsp3) is 0.455. The van der Waals surface area contributed by atoms with E-state index in [1.807, 2.05) is 54.9 Å². The molecule has 2 aromatic rings. The number of hydrogen-bond donors (Lipinski definition) is 2. The number of carbonyl (C=O) groups is 3. The first-order valence-corrected chi connectivity index (χ1v) is 11.3. The van der Waals surface area contributed by atoms with E-state index in [1.165, 1.54) is 18.9 Å². The van der Waals surface area contributed by atoms with Gasteiger partial charge < -0.3 is 19.9 Å². The number of nitrogens with zero attached hydrogens (tertiary/aromatic N) is 2. The summed E-state index contributed by atoms with van der Waals surface area (Å²) in [7, 11) is 1.29. The summed E-state index contributed by atoms with van der Waals surface area (Å²) in [5.41, 5.74) is 1.83. The zero-order valence-electron chi connectivity index (χ0n) is 18.2. The fourth-order valence-electron chi connectivity index (χ4n) is 2.90. The number of esters is 1. The van der Waals surface area contributed by atoms with E-state index in [2.05, 4.69) is 15.6 Å². The van der Waals surface area contributed by atoms with Crippen molar-refractivity contribution in [2.45, 2.75) is 45.3 Å². The number of ether oxygens (including phenoxy) is 1. The molecule has 9 heteroatoms. The summed E-state index contributed by atoms with van der Waals surface area (Å²) in [6, 6.07) is 9.25. The Morgan fingerprint density at radius 2 is 1.87 bits per heavy atom. The van der Waals surface area contributed by atoms with Crippen LogP contribution in [-0.2, 0) is 32.1 Å². The summed E-state index contributed by atoms with van der Waals surface area (Å²) in [5.74, 6) is -0.161. The molecule has 8 nitrogen and oxygen atoms in total. The molecule has 31 heavy (non-hydrogen) atoms. The second kappa shape index (κ2) is 12.8. The smallest absolute Gasteiger partial charge is 0.328 e. The molecule has 0 saturated heterocycles. The number of thioether (sulfide) groups is 1. The monoisotopic (exact) mass is 446 g/mol. The summed E-state index contributed by atoms with van der Waals surface area (Å²) in [5, 5.41) is 5.52. The van der Waals surface area contributed by atoms with Crippen LogP contribution in [0.1, 0.15) is 31.5 Å². The Hall–Kier alpha value is -2.81. The predicted octanol–water partition coefficient (Wildman–Crippen LogP) is 1.78. The molecular weight excluding hydrogens is 416 g/mol. The van der Waals surface area contributed by atoms with E-state index < -0.39 is 12.0 Å². The zero-order chi connectivity index (χ0) is 22.6. The molecule has 0 bridgehead atoms. The number of hydrogen-bond acceptors (Lipinski definition) is 6. The van der Waals surface area contributed by atoms with Gasteiger partial charge in [0.25, 0.3) is 0 Å². The van der Waals surface area contributed by atoms with Crippen LogP contribution in [0.3, 0.4) is 0 Å². The van der Waals surface area contributed by atoms with Gasteiger partial charge in [-0.3, -0.25) is 9.59 Å². The van der Waals surface area contributed by atoms with Crippen LogP contribution < -0.4 is 10.6 Å². The van der Waals surface area contributed by atoms with Crippen molar-refractivity contribution < 1.29 is 19.1 Å². The molecule has 2 rings (SSSR count). The van der Waals surface area contributed by atoms with E-state index in [4.69, 9.17) is 4.74 Å². The molecule has 0 spiro atoms. The molecule has 1 atom stereocenters. The topological polar surface area (TPSA) is 102 Å². The Morgan fingerprint density at radius 3 is 2.55 bits per heavy atom. The lowest BCUT2D eigenvalue weighted by molar-refractivity contribution is -0.144. The summed E-state index contributed by atoms with van der Waals surface area (Å²) in [6.45, 7) is 4.47. The van der Waals surface area contributed by atoms with Gasteiger partial charge >= 0.3 is 5.97 Å². The van der Waals surface area contributed by atoms with Gasteiger partial charge in [-0.1, -0.05) is 30.3 Å². The average molecular weight is 447 g/mol. The van der Waals surface area contributed by atoms with Gasteiger partial charge in [0, 0.05) is 37.4 Å². The first kappa shape index (κ1) is 24.5. The highest BCUT2D eigenvalue weighted by atomic mass is 32.2. The van der Waals surface area contributed by atoms with Crippen molar-refractivity contribution in [1.29, 1.82) is 0 Å². The van der Waals surface area contributed by atoms with Crippen LogP contribution in [0, 0.1) is 0 Å². The fourth-order valence-corrected chi connectivity index (χ4v) is 3.64. The highest BCUT2D eigenvalue weighted by molar-refractivity contribution is 7.99. The van der Waals surface area contributed by atoms with E-state index in [-0.39, 0.29) is 30.0 Å². The highest BCUT2D eigenvalue weighted by Crippen LogP contribution is 2.08. The van der Waals surface area contributed by atoms with Crippen molar-refractivity contribution in [2.24, 2.45) is 0 Å². The van der Waals surface area contributed by atoms with Crippen molar-refractivity contribution in [3.63, 3.8) is 0 Å². The summed E-state index contributed by atoms with van der Waals surface area (Å²) >= 11 is 1.34. The van der Waals surface area contributed by atoms with Crippen molar-refractivity contribution in [3.05, 3.63) is 54.1 Å². The van der Waals surface area contributed by atoms with Gasteiger partial charge in [-0.25, -0.2) is 9.78 Å². The van der Waals surface area contributed by atoms with Crippen LogP contribution in [0.25, 0.3) is 0 Å². The second-order valence-electron chi connectivity index (χ2n) is 7.40. The van der Waals surface area contributed by atoms with Gasteiger partial charge in [0.15, 0.2) is 0 Å². The first-order chi connectivity index (χ1) is 14.9. The minimum atomic E-state index is -0.817. The van der Waals surface area contributed by atoms with E-state index >= 15 is 0 Å². The van der Waals surface area contributed by atoms with Crippen LogP contribution in [0.2, 0.25) is 0 Å². The molecule has 0 aliphatic heterocycles. The Balaban J connectivity index is 1.83. The first-order valence-electron chi connectivity index (χ1n) is 10.2. The highest BCUT2D eigenvalue weighted by Gasteiger charge is 2.23. The quantitative estimate of drug-likeness (QED) is 0.381. The second-order valence-corrected chi connectivity index (χ2v) is 8.50. The van der Waals surface area contributed by atoms with E-state index in [9.17, 15) is 14.4 Å². The lowest BCUT2D eigenvalue weighted by Gasteiger charge is -2.15. The Morgan fingerprint density at radius 1 is 1.13 bits per heavy atom. The molecule has 0 fully saturated rings. The van der Waals surface area contributed by atoms with Gasteiger partial charge in [-0.15, -0.1) is 0 Å². The molecule has 1 heterocycles. The normalized spacial score (nSPS) is 11.7. The van der Waals surface area contributed by atoms with Gasteiger partial charge in [-0.05, 0) is 19.4 Å². The van der Waals surface area contributed by atoms with Crippen molar-refractivity contribution in [1.82, 2.24) is 20.2 Å². The van der Waals surface area contributed by atoms with Gasteiger partial charge in [0.05, 0.1) is 24.9 Å². The number of methoxy groups -OCH3 is 1. The third-order valence-electron chi connectivity index (χ3n) is 4.29. The molecule has 1 aromatic heterocycles. The SMILES string of the molecule is COC(=O)[C@H](Cc1cn(Cc2ccccc2)cn1)NC(=O)CSCCC(=O)NC(C)C. The maximum Gasteiger partial charge on any atom is 0.328 e. The molecule has 2 N–H and O–H groups in total. The van der Waals surface area contributed by atoms with Crippen LogP contribution >= 0.6 is 11.8 Å². The number of aromatic nitrogens is 2. The minimum Gasteiger partial charge on any atom is -0.467 e. The Kier molecular flexibility index (Phi) is 10.1. The maximum atomic E-state index is 12.3. The largest absolute Gasteiger partial charge is 0.467 e. The van der Waals surface area contributed by atoms with Crippen LogP contribution in [-0.4, -0.2) is 58.0 Å². The molecule has 0 saturated carbocycles. The van der Waals surface area contributed by atoms with Crippen molar-refractivity contribution in [3.8, 4) is 0 Å². The number of benzene rings is 1. The molecule has 0 aliphatic rings. The number of rotatable bonds is 12. The van der Waals surface area contributed by atoms with Gasteiger partial charge in [-0.2, -0.15) is 11.8 Å². The molecule has 168 valence electrons. The standard InChI is InChI=1S/C22H30N4O4S/c1-16(2)24-20(27)9-10-31-14-21(28)25-19(22(29)30-3)11-18-13-26(15-23-18)12-17-7-5-4-6-8-17/h4-8,13,15-16,19H,9-12,14H2,1-3H3,(H,24,27)(H,25,28)/t19-/m0/s1. The molecular formula is C22H30N4O4S. The summed E-state index contributed by atoms with van der Waals surface area (Å²) in [6.07, 6.45) is 4.14. The predicted molar refractivity (Wildman–Crippen MR) is 121 cm³/mol. The van der Waals surface area contributed by atoms with Crippen LogP contribution in [0.5, 0.6) is 0 Å². The minimum absolute atomic E-state index is 0.0403. The van der Waals surface area contributed by atoms with Crippen LogP contribution in [0.4, 0.5) is 0 Å². The number of imidazole rings is 1. The molecule has 2 amide bonds. The van der Waals surface area contributed by atoms with Crippen LogP contribution in [0.15, 0.2) is 42.9 Å². The third kappa shape index (κ3) is 9.25. The van der Waals surface area contributed by atoms with Gasteiger partial charge in [0.2, 0.25) is 11.8 Å². The van der Waals surface area contributed by atoms with E-state index in [0.717, 1.165) is 5.56 Å². The number of amides is 2. The molecule has 0 unspecified atom stereocenters. The van der Waals surface area contributed by atoms with Crippen molar-refractivity contribution >= 4 is 29.5 Å². The Bertz CT molecular complexity index is 854. The third-order valence-corrected chi connectivity index (χ3v) is 5.24. The molecule has 0 radical (unpaired) electrons. The zero-order valence-corrected chi connectivity index (χ0v) is 19.0.